The molecule has 1 aliphatic heterocycles. The van der Waals surface area contributed by atoms with Gasteiger partial charge in [0.2, 0.25) is 5.91 Å². The van der Waals surface area contributed by atoms with Gasteiger partial charge in [0.15, 0.2) is 5.78 Å². The van der Waals surface area contributed by atoms with Crippen molar-refractivity contribution < 1.29 is 9.59 Å². The van der Waals surface area contributed by atoms with Crippen molar-refractivity contribution in [1.82, 2.24) is 5.32 Å². The SMILES string of the molecule is O=C1C[C@H](c2cccc(Cl)c2Cl)C2=C(C[C@@H](c3cccs3)CC2=O)N1. The Morgan fingerprint density at radius 1 is 1.04 bits per heavy atom. The van der Waals surface area contributed by atoms with E-state index in [-0.39, 0.29) is 29.9 Å². The van der Waals surface area contributed by atoms with E-state index < -0.39 is 0 Å². The molecule has 1 amide bonds. The normalized spacial score (nSPS) is 23.4. The third kappa shape index (κ3) is 3.03. The van der Waals surface area contributed by atoms with Gasteiger partial charge in [-0.3, -0.25) is 9.59 Å². The first kappa shape index (κ1) is 16.8. The standard InChI is InChI=1S/C19H15Cl2NO2S/c20-13-4-1-3-11(19(13)21)12-9-17(24)22-14-7-10(8-15(23)18(12)14)16-5-2-6-25-16/h1-6,10,12H,7-9H2,(H,22,24)/t10-,12-/m1/s1. The maximum absolute atomic E-state index is 12.9. The lowest BCUT2D eigenvalue weighted by Crippen LogP contribution is -2.38. The Morgan fingerprint density at radius 2 is 1.88 bits per heavy atom. The van der Waals surface area contributed by atoms with E-state index >= 15 is 0 Å². The number of carbonyl (C=O) groups is 2. The highest BCUT2D eigenvalue weighted by atomic mass is 35.5. The van der Waals surface area contributed by atoms with Crippen LogP contribution in [0.4, 0.5) is 0 Å². The molecule has 2 atom stereocenters. The number of amides is 1. The van der Waals surface area contributed by atoms with Crippen LogP contribution in [-0.4, -0.2) is 11.7 Å². The zero-order valence-electron chi connectivity index (χ0n) is 13.2. The van der Waals surface area contributed by atoms with Crippen LogP contribution in [0.25, 0.3) is 0 Å². The Morgan fingerprint density at radius 3 is 2.64 bits per heavy atom. The summed E-state index contributed by atoms with van der Waals surface area (Å²) >= 11 is 14.2. The molecule has 1 aliphatic carbocycles. The van der Waals surface area contributed by atoms with Gasteiger partial charge in [-0.2, -0.15) is 0 Å². The first-order valence-electron chi connectivity index (χ1n) is 8.08. The van der Waals surface area contributed by atoms with Crippen LogP contribution in [0.1, 0.15) is 41.5 Å². The van der Waals surface area contributed by atoms with Crippen molar-refractivity contribution in [2.24, 2.45) is 0 Å². The van der Waals surface area contributed by atoms with Crippen molar-refractivity contribution in [3.63, 3.8) is 0 Å². The third-order valence-corrected chi connectivity index (χ3v) is 6.71. The molecule has 0 fully saturated rings. The molecule has 1 aromatic heterocycles. The van der Waals surface area contributed by atoms with Crippen LogP contribution in [0.15, 0.2) is 47.0 Å². The van der Waals surface area contributed by atoms with Crippen LogP contribution in [0.5, 0.6) is 0 Å². The molecule has 0 unspecified atom stereocenters. The predicted molar refractivity (Wildman–Crippen MR) is 100 cm³/mol. The van der Waals surface area contributed by atoms with Crippen molar-refractivity contribution in [1.29, 1.82) is 0 Å². The van der Waals surface area contributed by atoms with E-state index in [1.165, 1.54) is 4.88 Å². The number of halogens is 2. The van der Waals surface area contributed by atoms with Gasteiger partial charge in [-0.15, -0.1) is 11.3 Å². The van der Waals surface area contributed by atoms with E-state index in [1.807, 2.05) is 23.6 Å². The van der Waals surface area contributed by atoms with E-state index in [2.05, 4.69) is 5.32 Å². The summed E-state index contributed by atoms with van der Waals surface area (Å²) in [6, 6.07) is 9.40. The number of hydrogen-bond donors (Lipinski definition) is 1. The van der Waals surface area contributed by atoms with Gasteiger partial charge in [-0.1, -0.05) is 41.4 Å². The summed E-state index contributed by atoms with van der Waals surface area (Å²) < 4.78 is 0. The van der Waals surface area contributed by atoms with E-state index in [9.17, 15) is 9.59 Å². The lowest BCUT2D eigenvalue weighted by Gasteiger charge is -2.34. The molecule has 0 bridgehead atoms. The Bertz CT molecular complexity index is 889. The molecule has 2 heterocycles. The molecule has 4 rings (SSSR count). The van der Waals surface area contributed by atoms with E-state index in [0.717, 1.165) is 11.3 Å². The monoisotopic (exact) mass is 391 g/mol. The maximum Gasteiger partial charge on any atom is 0.225 e. The smallest absolute Gasteiger partial charge is 0.225 e. The number of hydrogen-bond acceptors (Lipinski definition) is 3. The average Bonchev–Trinajstić information content (AvgIpc) is 3.10. The molecule has 6 heteroatoms. The zero-order chi connectivity index (χ0) is 17.6. The second kappa shape index (κ2) is 6.60. The summed E-state index contributed by atoms with van der Waals surface area (Å²) in [7, 11) is 0. The molecule has 0 saturated heterocycles. The summed E-state index contributed by atoms with van der Waals surface area (Å²) in [5.74, 6) is -0.202. The van der Waals surface area contributed by atoms with Crippen LogP contribution in [0.2, 0.25) is 10.0 Å². The Balaban J connectivity index is 1.77. The van der Waals surface area contributed by atoms with Crippen molar-refractivity contribution in [2.45, 2.75) is 31.1 Å². The average molecular weight is 392 g/mol. The van der Waals surface area contributed by atoms with Gasteiger partial charge in [0, 0.05) is 40.8 Å². The highest BCUT2D eigenvalue weighted by Crippen LogP contribution is 2.45. The van der Waals surface area contributed by atoms with E-state index in [1.54, 1.807) is 23.5 Å². The molecule has 3 nitrogen and oxygen atoms in total. The van der Waals surface area contributed by atoms with Gasteiger partial charge in [0.05, 0.1) is 10.0 Å². The van der Waals surface area contributed by atoms with Crippen LogP contribution in [0, 0.1) is 0 Å². The molecular weight excluding hydrogens is 377 g/mol. The fraction of sp³-hybridized carbons (Fsp3) is 0.263. The summed E-state index contributed by atoms with van der Waals surface area (Å²) in [6.45, 7) is 0. The number of thiophene rings is 1. The molecule has 1 aromatic carbocycles. The number of rotatable bonds is 2. The largest absolute Gasteiger partial charge is 0.329 e. The minimum atomic E-state index is -0.327. The van der Waals surface area contributed by atoms with Gasteiger partial charge in [0.25, 0.3) is 0 Å². The van der Waals surface area contributed by atoms with Gasteiger partial charge >= 0.3 is 0 Å². The fourth-order valence-corrected chi connectivity index (χ4v) is 5.01. The lowest BCUT2D eigenvalue weighted by molar-refractivity contribution is -0.122. The number of benzene rings is 1. The van der Waals surface area contributed by atoms with Gasteiger partial charge < -0.3 is 5.32 Å². The minimum Gasteiger partial charge on any atom is -0.329 e. The van der Waals surface area contributed by atoms with Gasteiger partial charge in [-0.25, -0.2) is 0 Å². The Labute approximate surface area is 159 Å². The molecule has 0 radical (unpaired) electrons. The van der Waals surface area contributed by atoms with Crippen LogP contribution < -0.4 is 5.32 Å². The summed E-state index contributed by atoms with van der Waals surface area (Å²) in [5.41, 5.74) is 2.18. The molecule has 2 aliphatic rings. The van der Waals surface area contributed by atoms with Crippen LogP contribution in [0.3, 0.4) is 0 Å². The van der Waals surface area contributed by atoms with Crippen molar-refractivity contribution in [3.8, 4) is 0 Å². The van der Waals surface area contributed by atoms with E-state index in [4.69, 9.17) is 23.2 Å². The van der Waals surface area contributed by atoms with Crippen molar-refractivity contribution >= 4 is 46.2 Å². The number of ketones is 1. The molecular formula is C19H15Cl2NO2S. The van der Waals surface area contributed by atoms with E-state index in [0.29, 0.717) is 28.5 Å². The molecule has 0 spiro atoms. The molecule has 25 heavy (non-hydrogen) atoms. The van der Waals surface area contributed by atoms with Crippen LogP contribution >= 0.6 is 34.5 Å². The molecule has 128 valence electrons. The fourth-order valence-electron chi connectivity index (χ4n) is 3.74. The second-order valence-corrected chi connectivity index (χ2v) is 8.15. The maximum atomic E-state index is 12.9. The molecule has 0 saturated carbocycles. The first-order chi connectivity index (χ1) is 12.0. The predicted octanol–water partition coefficient (Wildman–Crippen LogP) is 5.06. The number of Topliss-reactive ketones (excluding diaryl/α,β-unsaturated/α-hetero) is 1. The molecule has 1 N–H and O–H groups in total. The Hall–Kier alpha value is -1.62. The lowest BCUT2D eigenvalue weighted by atomic mass is 9.74. The zero-order valence-corrected chi connectivity index (χ0v) is 15.5. The first-order valence-corrected chi connectivity index (χ1v) is 9.71. The van der Waals surface area contributed by atoms with Gasteiger partial charge in [-0.05, 0) is 29.5 Å². The highest BCUT2D eigenvalue weighted by molar-refractivity contribution is 7.10. The number of carbonyl (C=O) groups excluding carboxylic acids is 2. The van der Waals surface area contributed by atoms with Gasteiger partial charge in [0.1, 0.15) is 0 Å². The highest BCUT2D eigenvalue weighted by Gasteiger charge is 2.39. The van der Waals surface area contributed by atoms with Crippen LogP contribution in [-0.2, 0) is 9.59 Å². The number of allylic oxidation sites excluding steroid dienone is 2. The number of nitrogens with one attached hydrogen (secondary N) is 1. The third-order valence-electron chi connectivity index (χ3n) is 4.84. The second-order valence-electron chi connectivity index (χ2n) is 6.38. The summed E-state index contributed by atoms with van der Waals surface area (Å²) in [6.07, 6.45) is 1.35. The minimum absolute atomic E-state index is 0.0839. The summed E-state index contributed by atoms with van der Waals surface area (Å²) in [4.78, 5) is 26.4. The Kier molecular flexibility index (Phi) is 4.44. The quantitative estimate of drug-likeness (QED) is 0.777. The van der Waals surface area contributed by atoms with Crippen molar-refractivity contribution in [2.75, 3.05) is 0 Å². The van der Waals surface area contributed by atoms with Crippen molar-refractivity contribution in [3.05, 3.63) is 67.5 Å². The summed E-state index contributed by atoms with van der Waals surface area (Å²) in [5, 5.41) is 5.79. The molecule has 2 aromatic rings. The topological polar surface area (TPSA) is 46.2 Å².